The van der Waals surface area contributed by atoms with Crippen molar-refractivity contribution in [3.63, 3.8) is 0 Å². The summed E-state index contributed by atoms with van der Waals surface area (Å²) < 4.78 is 5.53. The topological polar surface area (TPSA) is 75.6 Å². The van der Waals surface area contributed by atoms with E-state index in [1.165, 1.54) is 0 Å². The number of ketones is 1. The second kappa shape index (κ2) is 9.59. The molecule has 0 aliphatic heterocycles. The molecule has 1 unspecified atom stereocenters. The van der Waals surface area contributed by atoms with Gasteiger partial charge in [-0.05, 0) is 18.6 Å². The van der Waals surface area contributed by atoms with Crippen LogP contribution in [0, 0.1) is 6.92 Å². The van der Waals surface area contributed by atoms with E-state index >= 15 is 0 Å². The minimum atomic E-state index is -0.812. The van der Waals surface area contributed by atoms with Gasteiger partial charge in [0.15, 0.2) is 5.78 Å². The van der Waals surface area contributed by atoms with Crippen molar-refractivity contribution in [1.29, 1.82) is 0 Å². The first-order valence-corrected chi connectivity index (χ1v) is 8.27. The molecule has 0 aromatic heterocycles. The van der Waals surface area contributed by atoms with E-state index in [-0.39, 0.29) is 37.7 Å². The van der Waals surface area contributed by atoms with Crippen LogP contribution >= 0.6 is 0 Å². The standard InChI is InChI=1S/C20H23NO4/c1-15-7-5-6-10-19(15)25-14-17(22)13-21-20(24)12-11-18(23)16-8-3-2-4-9-16/h2-10,17,22H,11-14H2,1H3,(H,21,24). The zero-order chi connectivity index (χ0) is 18.1. The van der Waals surface area contributed by atoms with Crippen LogP contribution in [0.5, 0.6) is 5.75 Å². The quantitative estimate of drug-likeness (QED) is 0.687. The Kier molecular flexibility index (Phi) is 7.16. The van der Waals surface area contributed by atoms with Gasteiger partial charge < -0.3 is 15.2 Å². The van der Waals surface area contributed by atoms with Crippen LogP contribution in [0.1, 0.15) is 28.8 Å². The first kappa shape index (κ1) is 18.7. The molecule has 2 aromatic rings. The van der Waals surface area contributed by atoms with Crippen LogP contribution in [0.15, 0.2) is 54.6 Å². The van der Waals surface area contributed by atoms with Crippen molar-refractivity contribution in [2.24, 2.45) is 0 Å². The van der Waals surface area contributed by atoms with E-state index in [1.807, 2.05) is 37.3 Å². The van der Waals surface area contributed by atoms with Gasteiger partial charge in [0.2, 0.25) is 5.91 Å². The van der Waals surface area contributed by atoms with Crippen molar-refractivity contribution < 1.29 is 19.4 Å². The number of nitrogens with one attached hydrogen (secondary N) is 1. The van der Waals surface area contributed by atoms with E-state index in [4.69, 9.17) is 4.74 Å². The molecule has 0 spiro atoms. The largest absolute Gasteiger partial charge is 0.491 e. The molecule has 2 N–H and O–H groups in total. The molecule has 25 heavy (non-hydrogen) atoms. The van der Waals surface area contributed by atoms with E-state index in [0.717, 1.165) is 5.56 Å². The van der Waals surface area contributed by atoms with E-state index in [2.05, 4.69) is 5.32 Å². The smallest absolute Gasteiger partial charge is 0.220 e. The number of aliphatic hydroxyl groups is 1. The number of carbonyl (C=O) groups excluding carboxylic acids is 2. The second-order valence-electron chi connectivity index (χ2n) is 5.82. The van der Waals surface area contributed by atoms with Crippen molar-refractivity contribution in [1.82, 2.24) is 5.32 Å². The molecular weight excluding hydrogens is 318 g/mol. The van der Waals surface area contributed by atoms with Crippen LogP contribution in [-0.4, -0.2) is 36.1 Å². The lowest BCUT2D eigenvalue weighted by Crippen LogP contribution is -2.35. The molecule has 2 rings (SSSR count). The molecule has 132 valence electrons. The summed E-state index contributed by atoms with van der Waals surface area (Å²) >= 11 is 0. The van der Waals surface area contributed by atoms with Gasteiger partial charge in [0, 0.05) is 24.9 Å². The second-order valence-corrected chi connectivity index (χ2v) is 5.82. The summed E-state index contributed by atoms with van der Waals surface area (Å²) in [4.78, 5) is 23.7. The van der Waals surface area contributed by atoms with Crippen LogP contribution in [-0.2, 0) is 4.79 Å². The Balaban J connectivity index is 1.66. The average molecular weight is 341 g/mol. The van der Waals surface area contributed by atoms with Gasteiger partial charge in [0.05, 0.1) is 0 Å². The van der Waals surface area contributed by atoms with Crippen LogP contribution < -0.4 is 10.1 Å². The normalized spacial score (nSPS) is 11.6. The third-order valence-corrected chi connectivity index (χ3v) is 3.73. The molecular formula is C20H23NO4. The Hall–Kier alpha value is -2.66. The molecule has 0 saturated heterocycles. The minimum absolute atomic E-state index is 0.0702. The number of benzene rings is 2. The molecule has 1 amide bonds. The zero-order valence-electron chi connectivity index (χ0n) is 14.3. The number of hydrogen-bond donors (Lipinski definition) is 2. The predicted molar refractivity (Wildman–Crippen MR) is 95.7 cm³/mol. The number of ether oxygens (including phenoxy) is 1. The molecule has 0 heterocycles. The van der Waals surface area contributed by atoms with Gasteiger partial charge in [-0.15, -0.1) is 0 Å². The van der Waals surface area contributed by atoms with Crippen LogP contribution in [0.3, 0.4) is 0 Å². The predicted octanol–water partition coefficient (Wildman–Crippen LogP) is 2.51. The van der Waals surface area contributed by atoms with Crippen molar-refractivity contribution in [2.75, 3.05) is 13.2 Å². The maximum atomic E-state index is 11.9. The lowest BCUT2D eigenvalue weighted by molar-refractivity contribution is -0.121. The molecule has 0 fully saturated rings. The van der Waals surface area contributed by atoms with Gasteiger partial charge in [-0.3, -0.25) is 9.59 Å². The van der Waals surface area contributed by atoms with Crippen molar-refractivity contribution in [3.05, 3.63) is 65.7 Å². The molecule has 0 aliphatic rings. The minimum Gasteiger partial charge on any atom is -0.491 e. The van der Waals surface area contributed by atoms with Gasteiger partial charge in [0.1, 0.15) is 18.5 Å². The third-order valence-electron chi connectivity index (χ3n) is 3.73. The molecule has 2 aromatic carbocycles. The van der Waals surface area contributed by atoms with Gasteiger partial charge in [-0.2, -0.15) is 0 Å². The van der Waals surface area contributed by atoms with Gasteiger partial charge >= 0.3 is 0 Å². The van der Waals surface area contributed by atoms with Crippen molar-refractivity contribution >= 4 is 11.7 Å². The summed E-state index contributed by atoms with van der Waals surface area (Å²) in [5.74, 6) is 0.375. The summed E-state index contributed by atoms with van der Waals surface area (Å²) in [7, 11) is 0. The molecule has 5 nitrogen and oxygen atoms in total. The molecule has 0 bridgehead atoms. The number of amides is 1. The van der Waals surface area contributed by atoms with Gasteiger partial charge in [0.25, 0.3) is 0 Å². The van der Waals surface area contributed by atoms with E-state index < -0.39 is 6.10 Å². The fourth-order valence-electron chi connectivity index (χ4n) is 2.28. The highest BCUT2D eigenvalue weighted by Gasteiger charge is 2.11. The summed E-state index contributed by atoms with van der Waals surface area (Å²) in [6.45, 7) is 2.10. The summed E-state index contributed by atoms with van der Waals surface area (Å²) in [6, 6.07) is 16.4. The Morgan fingerprint density at radius 3 is 2.44 bits per heavy atom. The number of carbonyl (C=O) groups is 2. The Bertz CT molecular complexity index is 700. The lowest BCUT2D eigenvalue weighted by atomic mass is 10.1. The molecule has 1 atom stereocenters. The highest BCUT2D eigenvalue weighted by Crippen LogP contribution is 2.16. The number of hydrogen-bond acceptors (Lipinski definition) is 4. The van der Waals surface area contributed by atoms with E-state index in [0.29, 0.717) is 11.3 Å². The molecule has 0 radical (unpaired) electrons. The van der Waals surface area contributed by atoms with E-state index in [1.54, 1.807) is 24.3 Å². The van der Waals surface area contributed by atoms with Crippen LogP contribution in [0.4, 0.5) is 0 Å². The maximum absolute atomic E-state index is 11.9. The average Bonchev–Trinajstić information content (AvgIpc) is 2.64. The fourth-order valence-corrected chi connectivity index (χ4v) is 2.28. The maximum Gasteiger partial charge on any atom is 0.220 e. The van der Waals surface area contributed by atoms with Gasteiger partial charge in [-0.1, -0.05) is 48.5 Å². The number of Topliss-reactive ketones (excluding diaryl/α,β-unsaturated/α-hetero) is 1. The summed E-state index contributed by atoms with van der Waals surface area (Å²) in [5.41, 5.74) is 1.58. The highest BCUT2D eigenvalue weighted by atomic mass is 16.5. The molecule has 0 aliphatic carbocycles. The lowest BCUT2D eigenvalue weighted by Gasteiger charge is -2.14. The highest BCUT2D eigenvalue weighted by molar-refractivity contribution is 5.97. The number of aliphatic hydroxyl groups excluding tert-OH is 1. The number of rotatable bonds is 9. The van der Waals surface area contributed by atoms with Crippen molar-refractivity contribution in [2.45, 2.75) is 25.9 Å². The Morgan fingerprint density at radius 2 is 1.72 bits per heavy atom. The Morgan fingerprint density at radius 1 is 1.04 bits per heavy atom. The number of aryl methyl sites for hydroxylation is 1. The molecule has 0 saturated carbocycles. The zero-order valence-corrected chi connectivity index (χ0v) is 14.3. The van der Waals surface area contributed by atoms with Crippen LogP contribution in [0.25, 0.3) is 0 Å². The third kappa shape index (κ3) is 6.39. The summed E-state index contributed by atoms with van der Waals surface area (Å²) in [6.07, 6.45) is -0.571. The fraction of sp³-hybridized carbons (Fsp3) is 0.300. The van der Waals surface area contributed by atoms with Gasteiger partial charge in [-0.25, -0.2) is 0 Å². The monoisotopic (exact) mass is 341 g/mol. The Labute approximate surface area is 147 Å². The van der Waals surface area contributed by atoms with Crippen molar-refractivity contribution in [3.8, 4) is 5.75 Å². The first-order chi connectivity index (χ1) is 12.1. The number of para-hydroxylation sites is 1. The SMILES string of the molecule is Cc1ccccc1OCC(O)CNC(=O)CCC(=O)c1ccccc1. The van der Waals surface area contributed by atoms with Crippen LogP contribution in [0.2, 0.25) is 0 Å². The summed E-state index contributed by atoms with van der Waals surface area (Å²) in [5, 5.41) is 12.5. The van der Waals surface area contributed by atoms with E-state index in [9.17, 15) is 14.7 Å². The first-order valence-electron chi connectivity index (χ1n) is 8.27. The molecule has 5 heteroatoms.